The Labute approximate surface area is 123 Å². The summed E-state index contributed by atoms with van der Waals surface area (Å²) in [5.41, 5.74) is 5.69. The molecule has 0 radical (unpaired) electrons. The van der Waals surface area contributed by atoms with Gasteiger partial charge in [0.2, 0.25) is 0 Å². The highest BCUT2D eigenvalue weighted by Gasteiger charge is 2.14. The van der Waals surface area contributed by atoms with Gasteiger partial charge in [0.15, 0.2) is 11.6 Å². The molecule has 19 heavy (non-hydrogen) atoms. The molecule has 100 valence electrons. The van der Waals surface area contributed by atoms with Crippen molar-refractivity contribution in [3.8, 4) is 0 Å². The fraction of sp³-hybridized carbons (Fsp3) is 0. The van der Waals surface area contributed by atoms with E-state index in [-0.39, 0.29) is 32.1 Å². The number of anilines is 3. The molecule has 0 heterocycles. The summed E-state index contributed by atoms with van der Waals surface area (Å²) in [6.07, 6.45) is 0. The molecule has 0 aliphatic rings. The maximum absolute atomic E-state index is 13.6. The lowest BCUT2D eigenvalue weighted by Gasteiger charge is -2.13. The molecule has 0 unspecified atom stereocenters. The molecule has 0 aliphatic carbocycles. The standard InChI is InChI=1S/C12H7Cl3F2N2/c13-5-3-7(15)10(4-6(5)14)19-12-9(18)2-1-8(16)11(12)17/h1-4,19H,18H2. The molecule has 0 saturated carbocycles. The Bertz CT molecular complexity index is 647. The van der Waals surface area contributed by atoms with Crippen molar-refractivity contribution < 1.29 is 8.78 Å². The SMILES string of the molecule is Nc1ccc(F)c(F)c1Nc1cc(Cl)c(Cl)cc1Cl. The van der Waals surface area contributed by atoms with Crippen LogP contribution in [0.5, 0.6) is 0 Å². The van der Waals surface area contributed by atoms with E-state index in [1.54, 1.807) is 0 Å². The normalized spacial score (nSPS) is 10.6. The maximum Gasteiger partial charge on any atom is 0.184 e. The van der Waals surface area contributed by atoms with Gasteiger partial charge in [-0.15, -0.1) is 0 Å². The first-order chi connectivity index (χ1) is 8.90. The van der Waals surface area contributed by atoms with Crippen molar-refractivity contribution >= 4 is 51.9 Å². The number of hydrogen-bond donors (Lipinski definition) is 2. The molecule has 0 aliphatic heterocycles. The maximum atomic E-state index is 13.6. The third-order valence-electron chi connectivity index (χ3n) is 2.40. The minimum absolute atomic E-state index is 0.0426. The molecule has 0 saturated heterocycles. The molecule has 2 aromatic rings. The number of rotatable bonds is 2. The predicted molar refractivity (Wildman–Crippen MR) is 75.5 cm³/mol. The van der Waals surface area contributed by atoms with Gasteiger partial charge in [-0.25, -0.2) is 8.78 Å². The van der Waals surface area contributed by atoms with Crippen molar-refractivity contribution in [1.82, 2.24) is 0 Å². The van der Waals surface area contributed by atoms with Crippen LogP contribution in [0.1, 0.15) is 0 Å². The van der Waals surface area contributed by atoms with Crippen LogP contribution >= 0.6 is 34.8 Å². The Morgan fingerprint density at radius 1 is 0.947 bits per heavy atom. The highest BCUT2D eigenvalue weighted by atomic mass is 35.5. The number of nitrogen functional groups attached to an aromatic ring is 1. The summed E-state index contributed by atoms with van der Waals surface area (Å²) in [5, 5.41) is 3.29. The molecule has 2 rings (SSSR count). The number of benzene rings is 2. The van der Waals surface area contributed by atoms with Gasteiger partial charge in [-0.05, 0) is 24.3 Å². The van der Waals surface area contributed by atoms with Crippen LogP contribution in [0.25, 0.3) is 0 Å². The Kier molecular flexibility index (Phi) is 4.04. The summed E-state index contributed by atoms with van der Waals surface area (Å²) >= 11 is 17.5. The van der Waals surface area contributed by atoms with Crippen molar-refractivity contribution in [2.24, 2.45) is 0 Å². The van der Waals surface area contributed by atoms with E-state index in [4.69, 9.17) is 40.5 Å². The van der Waals surface area contributed by atoms with E-state index in [0.717, 1.165) is 6.07 Å². The van der Waals surface area contributed by atoms with Gasteiger partial charge in [-0.2, -0.15) is 0 Å². The van der Waals surface area contributed by atoms with Crippen molar-refractivity contribution in [1.29, 1.82) is 0 Å². The van der Waals surface area contributed by atoms with Crippen molar-refractivity contribution in [2.75, 3.05) is 11.1 Å². The largest absolute Gasteiger partial charge is 0.397 e. The zero-order valence-corrected chi connectivity index (χ0v) is 11.5. The third-order valence-corrected chi connectivity index (χ3v) is 3.43. The molecule has 2 nitrogen and oxygen atoms in total. The average Bonchev–Trinajstić information content (AvgIpc) is 2.36. The monoisotopic (exact) mass is 322 g/mol. The van der Waals surface area contributed by atoms with Crippen LogP contribution in [0.4, 0.5) is 25.8 Å². The highest BCUT2D eigenvalue weighted by Crippen LogP contribution is 2.36. The Balaban J connectivity index is 2.48. The lowest BCUT2D eigenvalue weighted by Crippen LogP contribution is -2.02. The lowest BCUT2D eigenvalue weighted by atomic mass is 10.2. The molecule has 3 N–H and O–H groups in total. The first kappa shape index (κ1) is 14.2. The molecule has 0 aromatic heterocycles. The third kappa shape index (κ3) is 2.86. The first-order valence-corrected chi connectivity index (χ1v) is 6.18. The van der Waals surface area contributed by atoms with E-state index >= 15 is 0 Å². The van der Waals surface area contributed by atoms with Crippen LogP contribution in [0.3, 0.4) is 0 Å². The molecule has 0 bridgehead atoms. The Morgan fingerprint density at radius 2 is 1.58 bits per heavy atom. The minimum Gasteiger partial charge on any atom is -0.397 e. The van der Waals surface area contributed by atoms with Crippen LogP contribution in [0.2, 0.25) is 15.1 Å². The Morgan fingerprint density at radius 3 is 2.26 bits per heavy atom. The van der Waals surface area contributed by atoms with Crippen LogP contribution in [-0.4, -0.2) is 0 Å². The molecule has 0 atom stereocenters. The van der Waals surface area contributed by atoms with E-state index in [9.17, 15) is 8.78 Å². The highest BCUT2D eigenvalue weighted by molar-refractivity contribution is 6.44. The molecule has 0 fully saturated rings. The zero-order valence-electron chi connectivity index (χ0n) is 9.28. The van der Waals surface area contributed by atoms with Crippen molar-refractivity contribution in [2.45, 2.75) is 0 Å². The van der Waals surface area contributed by atoms with Gasteiger partial charge in [0, 0.05) is 0 Å². The second-order valence-electron chi connectivity index (χ2n) is 3.70. The molecular weight excluding hydrogens is 317 g/mol. The van der Waals surface area contributed by atoms with Gasteiger partial charge in [-0.3, -0.25) is 0 Å². The van der Waals surface area contributed by atoms with E-state index in [0.29, 0.717) is 0 Å². The smallest absolute Gasteiger partial charge is 0.184 e. The average molecular weight is 324 g/mol. The summed E-state index contributed by atoms with van der Waals surface area (Å²) in [4.78, 5) is 0. The topological polar surface area (TPSA) is 38.0 Å². The number of nitrogens with one attached hydrogen (secondary N) is 1. The fourth-order valence-electron chi connectivity index (χ4n) is 1.45. The second-order valence-corrected chi connectivity index (χ2v) is 4.92. The molecular formula is C12H7Cl3F2N2. The van der Waals surface area contributed by atoms with E-state index in [1.165, 1.54) is 18.2 Å². The van der Waals surface area contributed by atoms with Gasteiger partial charge in [-0.1, -0.05) is 34.8 Å². The van der Waals surface area contributed by atoms with Crippen LogP contribution in [0.15, 0.2) is 24.3 Å². The number of nitrogens with two attached hydrogens (primary N) is 1. The summed E-state index contributed by atoms with van der Waals surface area (Å²) < 4.78 is 26.8. The predicted octanol–water partition coefficient (Wildman–Crippen LogP) is 5.25. The summed E-state index contributed by atoms with van der Waals surface area (Å²) in [6.45, 7) is 0. The fourth-order valence-corrected chi connectivity index (χ4v) is 2.04. The summed E-state index contributed by atoms with van der Waals surface area (Å²) in [7, 11) is 0. The molecule has 7 heteroatoms. The molecule has 0 amide bonds. The van der Waals surface area contributed by atoms with Gasteiger partial charge in [0.1, 0.15) is 5.69 Å². The summed E-state index contributed by atoms with van der Waals surface area (Å²) in [5.74, 6) is -2.12. The van der Waals surface area contributed by atoms with Crippen molar-refractivity contribution in [3.63, 3.8) is 0 Å². The van der Waals surface area contributed by atoms with Gasteiger partial charge < -0.3 is 11.1 Å². The van der Waals surface area contributed by atoms with Crippen LogP contribution < -0.4 is 11.1 Å². The quantitative estimate of drug-likeness (QED) is 0.585. The van der Waals surface area contributed by atoms with E-state index < -0.39 is 11.6 Å². The lowest BCUT2D eigenvalue weighted by molar-refractivity contribution is 0.512. The van der Waals surface area contributed by atoms with E-state index in [2.05, 4.69) is 5.32 Å². The van der Waals surface area contributed by atoms with Gasteiger partial charge in [0.25, 0.3) is 0 Å². The van der Waals surface area contributed by atoms with Gasteiger partial charge in [0.05, 0.1) is 26.4 Å². The Hall–Kier alpha value is -1.23. The van der Waals surface area contributed by atoms with Crippen LogP contribution in [0, 0.1) is 11.6 Å². The van der Waals surface area contributed by atoms with Crippen LogP contribution in [-0.2, 0) is 0 Å². The first-order valence-electron chi connectivity index (χ1n) is 5.05. The molecule has 0 spiro atoms. The zero-order chi connectivity index (χ0) is 14.2. The van der Waals surface area contributed by atoms with Gasteiger partial charge >= 0.3 is 0 Å². The van der Waals surface area contributed by atoms with Crippen molar-refractivity contribution in [3.05, 3.63) is 51.0 Å². The summed E-state index contributed by atoms with van der Waals surface area (Å²) in [6, 6.07) is 4.97. The molecule has 2 aromatic carbocycles. The second kappa shape index (κ2) is 5.41. The van der Waals surface area contributed by atoms with E-state index in [1.807, 2.05) is 0 Å². The number of hydrogen-bond acceptors (Lipinski definition) is 2. The minimum atomic E-state index is -1.10. The number of halogens is 5.